The minimum atomic E-state index is -0.320. The van der Waals surface area contributed by atoms with Gasteiger partial charge in [-0.15, -0.1) is 0 Å². The van der Waals surface area contributed by atoms with Crippen molar-refractivity contribution in [3.63, 3.8) is 0 Å². The fraction of sp³-hybridized carbons (Fsp3) is 0. The number of aromatic nitrogens is 1. The van der Waals surface area contributed by atoms with E-state index in [1.807, 2.05) is 36.4 Å². The van der Waals surface area contributed by atoms with Crippen LogP contribution in [0.15, 0.2) is 60.9 Å². The van der Waals surface area contributed by atoms with E-state index in [9.17, 15) is 9.59 Å². The second-order valence-electron chi connectivity index (χ2n) is 4.87. The minimum Gasteiger partial charge on any atom is -0.268 e. The quantitative estimate of drug-likeness (QED) is 0.641. The summed E-state index contributed by atoms with van der Waals surface area (Å²) in [5.74, 6) is -0.617. The number of benzene rings is 2. The molecule has 0 atom stereocenters. The maximum absolute atomic E-state index is 12.5. The van der Waals surface area contributed by atoms with Gasteiger partial charge in [0.15, 0.2) is 0 Å². The van der Waals surface area contributed by atoms with E-state index in [0.717, 1.165) is 10.8 Å². The van der Waals surface area contributed by atoms with Crippen LogP contribution < -0.4 is 4.90 Å². The van der Waals surface area contributed by atoms with Crippen LogP contribution in [0.4, 0.5) is 5.69 Å². The van der Waals surface area contributed by atoms with Gasteiger partial charge in [0, 0.05) is 17.8 Å². The van der Waals surface area contributed by atoms with Crippen LogP contribution in [0, 0.1) is 0 Å². The van der Waals surface area contributed by atoms with E-state index in [-0.39, 0.29) is 11.8 Å². The molecule has 0 saturated carbocycles. The fourth-order valence-corrected chi connectivity index (χ4v) is 2.71. The van der Waals surface area contributed by atoms with Crippen molar-refractivity contribution >= 4 is 28.3 Å². The van der Waals surface area contributed by atoms with Crippen LogP contribution in [0.25, 0.3) is 10.8 Å². The van der Waals surface area contributed by atoms with Crippen LogP contribution in [0.3, 0.4) is 0 Å². The maximum atomic E-state index is 12.5. The summed E-state index contributed by atoms with van der Waals surface area (Å²) in [6, 6.07) is 14.9. The van der Waals surface area contributed by atoms with E-state index < -0.39 is 0 Å². The molecule has 4 nitrogen and oxygen atoms in total. The molecule has 4 rings (SSSR count). The van der Waals surface area contributed by atoms with Gasteiger partial charge in [-0.25, -0.2) is 4.90 Å². The molecule has 4 heteroatoms. The van der Waals surface area contributed by atoms with E-state index in [2.05, 4.69) is 4.98 Å². The summed E-state index contributed by atoms with van der Waals surface area (Å²) in [5, 5.41) is 1.87. The summed E-state index contributed by atoms with van der Waals surface area (Å²) in [4.78, 5) is 30.2. The SMILES string of the molecule is O=C1c2ccncc2C(=O)N1c1cccc2ccccc12. The van der Waals surface area contributed by atoms with E-state index in [0.29, 0.717) is 16.8 Å². The first-order valence-electron chi connectivity index (χ1n) is 6.58. The van der Waals surface area contributed by atoms with Gasteiger partial charge in [-0.05, 0) is 17.5 Å². The van der Waals surface area contributed by atoms with E-state index >= 15 is 0 Å². The molecule has 0 spiro atoms. The lowest BCUT2D eigenvalue weighted by molar-refractivity contribution is 0.0926. The zero-order valence-electron chi connectivity index (χ0n) is 11.0. The number of pyridine rings is 1. The highest BCUT2D eigenvalue weighted by Crippen LogP contribution is 2.32. The highest BCUT2D eigenvalue weighted by molar-refractivity contribution is 6.35. The molecule has 100 valence electrons. The number of rotatable bonds is 1. The van der Waals surface area contributed by atoms with Gasteiger partial charge in [0.05, 0.1) is 16.8 Å². The summed E-state index contributed by atoms with van der Waals surface area (Å²) in [6.07, 6.45) is 2.97. The molecular formula is C17H10N2O2. The summed E-state index contributed by atoms with van der Waals surface area (Å²) < 4.78 is 0. The summed E-state index contributed by atoms with van der Waals surface area (Å²) >= 11 is 0. The standard InChI is InChI=1S/C17H10N2O2/c20-16-13-8-9-18-10-14(13)17(21)19(16)15-7-3-5-11-4-1-2-6-12(11)15/h1-10H. The smallest absolute Gasteiger partial charge is 0.267 e. The summed E-state index contributed by atoms with van der Waals surface area (Å²) in [7, 11) is 0. The molecule has 0 saturated heterocycles. The third-order valence-corrected chi connectivity index (χ3v) is 3.70. The van der Waals surface area contributed by atoms with Crippen molar-refractivity contribution in [2.24, 2.45) is 0 Å². The topological polar surface area (TPSA) is 50.3 Å². The number of fused-ring (bicyclic) bond motifs is 2. The van der Waals surface area contributed by atoms with Crippen molar-refractivity contribution < 1.29 is 9.59 Å². The van der Waals surface area contributed by atoms with Gasteiger partial charge in [0.25, 0.3) is 11.8 Å². The van der Waals surface area contributed by atoms with E-state index in [4.69, 9.17) is 0 Å². The molecule has 0 radical (unpaired) electrons. The van der Waals surface area contributed by atoms with Crippen LogP contribution in [-0.4, -0.2) is 16.8 Å². The number of anilines is 1. The Morgan fingerprint density at radius 1 is 0.810 bits per heavy atom. The molecular weight excluding hydrogens is 264 g/mol. The third kappa shape index (κ3) is 1.59. The lowest BCUT2D eigenvalue weighted by Gasteiger charge is -2.16. The molecule has 2 heterocycles. The van der Waals surface area contributed by atoms with Crippen molar-refractivity contribution in [1.29, 1.82) is 0 Å². The highest BCUT2D eigenvalue weighted by Gasteiger charge is 2.37. The first-order chi connectivity index (χ1) is 10.3. The normalized spacial score (nSPS) is 13.8. The van der Waals surface area contributed by atoms with Crippen LogP contribution >= 0.6 is 0 Å². The number of amides is 2. The average Bonchev–Trinajstić information content (AvgIpc) is 2.79. The molecule has 1 aromatic heterocycles. The molecule has 0 fully saturated rings. The molecule has 2 amide bonds. The number of carbonyl (C=O) groups is 2. The Labute approximate surface area is 120 Å². The van der Waals surface area contributed by atoms with E-state index in [1.54, 1.807) is 12.1 Å². The Balaban J connectivity index is 1.95. The molecule has 1 aliphatic rings. The van der Waals surface area contributed by atoms with Crippen molar-refractivity contribution in [2.75, 3.05) is 4.90 Å². The zero-order chi connectivity index (χ0) is 14.4. The number of imide groups is 1. The van der Waals surface area contributed by atoms with Gasteiger partial charge in [-0.3, -0.25) is 14.6 Å². The van der Waals surface area contributed by atoms with Gasteiger partial charge in [-0.1, -0.05) is 36.4 Å². The molecule has 0 aliphatic carbocycles. The molecule has 3 aromatic rings. The molecule has 0 unspecified atom stereocenters. The van der Waals surface area contributed by atoms with Crippen molar-refractivity contribution in [3.8, 4) is 0 Å². The lowest BCUT2D eigenvalue weighted by atomic mass is 10.1. The Kier molecular flexibility index (Phi) is 2.38. The van der Waals surface area contributed by atoms with Gasteiger partial charge in [-0.2, -0.15) is 0 Å². The Bertz CT molecular complexity index is 862. The van der Waals surface area contributed by atoms with Crippen LogP contribution in [0.5, 0.6) is 0 Å². The maximum Gasteiger partial charge on any atom is 0.267 e. The summed E-state index contributed by atoms with van der Waals surface area (Å²) in [5.41, 5.74) is 1.37. The van der Waals surface area contributed by atoms with Crippen LogP contribution in [0.2, 0.25) is 0 Å². The Morgan fingerprint density at radius 2 is 1.57 bits per heavy atom. The van der Waals surface area contributed by atoms with Gasteiger partial charge in [0.1, 0.15) is 0 Å². The van der Waals surface area contributed by atoms with Crippen LogP contribution in [-0.2, 0) is 0 Å². The number of hydrogen-bond acceptors (Lipinski definition) is 3. The summed E-state index contributed by atoms with van der Waals surface area (Å²) in [6.45, 7) is 0. The first-order valence-corrected chi connectivity index (χ1v) is 6.58. The predicted octanol–water partition coefficient (Wildman–Crippen LogP) is 3.04. The average molecular weight is 274 g/mol. The predicted molar refractivity (Wildman–Crippen MR) is 79.3 cm³/mol. The van der Waals surface area contributed by atoms with Crippen molar-refractivity contribution in [1.82, 2.24) is 4.98 Å². The van der Waals surface area contributed by atoms with Gasteiger partial charge < -0.3 is 0 Å². The van der Waals surface area contributed by atoms with Gasteiger partial charge >= 0.3 is 0 Å². The monoisotopic (exact) mass is 274 g/mol. The molecule has 0 N–H and O–H groups in total. The number of carbonyl (C=O) groups excluding carboxylic acids is 2. The third-order valence-electron chi connectivity index (χ3n) is 3.70. The van der Waals surface area contributed by atoms with Gasteiger partial charge in [0.2, 0.25) is 0 Å². The second-order valence-corrected chi connectivity index (χ2v) is 4.87. The van der Waals surface area contributed by atoms with Crippen LogP contribution in [0.1, 0.15) is 20.7 Å². The fourth-order valence-electron chi connectivity index (χ4n) is 2.71. The number of hydrogen-bond donors (Lipinski definition) is 0. The first kappa shape index (κ1) is 11.8. The molecule has 0 bridgehead atoms. The highest BCUT2D eigenvalue weighted by atomic mass is 16.2. The largest absolute Gasteiger partial charge is 0.268 e. The number of nitrogens with zero attached hydrogens (tertiary/aromatic N) is 2. The van der Waals surface area contributed by atoms with E-state index in [1.165, 1.54) is 17.3 Å². The van der Waals surface area contributed by atoms with Crippen molar-refractivity contribution in [3.05, 3.63) is 72.1 Å². The molecule has 2 aromatic carbocycles. The Morgan fingerprint density at radius 3 is 2.43 bits per heavy atom. The Hall–Kier alpha value is -3.01. The lowest BCUT2D eigenvalue weighted by Crippen LogP contribution is -2.29. The second kappa shape index (κ2) is 4.24. The molecule has 1 aliphatic heterocycles. The minimum absolute atomic E-state index is 0.297. The molecule has 21 heavy (non-hydrogen) atoms. The zero-order valence-corrected chi connectivity index (χ0v) is 11.0. The van der Waals surface area contributed by atoms with Crippen molar-refractivity contribution in [2.45, 2.75) is 0 Å².